The molecule has 5 unspecified atom stereocenters. The van der Waals surface area contributed by atoms with Crippen molar-refractivity contribution in [3.8, 4) is 5.75 Å². The van der Waals surface area contributed by atoms with Gasteiger partial charge in [0.2, 0.25) is 23.6 Å². The maximum atomic E-state index is 12.7. The number of nitrogens with one attached hydrogen (secondary N) is 3. The molecule has 198 valence electrons. The average Bonchev–Trinajstić information content (AvgIpc) is 2.76. The summed E-state index contributed by atoms with van der Waals surface area (Å²) < 4.78 is 0. The number of aliphatic hydroxyl groups excluding tert-OH is 1. The van der Waals surface area contributed by atoms with Gasteiger partial charge in [-0.1, -0.05) is 12.1 Å². The van der Waals surface area contributed by atoms with Gasteiger partial charge in [0.05, 0.1) is 25.0 Å². The monoisotopic (exact) mass is 511 g/mol. The predicted molar refractivity (Wildman–Crippen MR) is 121 cm³/mol. The number of carboxylic acids is 2. The molecule has 0 spiro atoms. The Morgan fingerprint density at radius 1 is 0.861 bits per heavy atom. The molecule has 1 aromatic carbocycles. The van der Waals surface area contributed by atoms with E-state index in [1.54, 1.807) is 0 Å². The average molecular weight is 511 g/mol. The fourth-order valence-corrected chi connectivity index (χ4v) is 2.97. The van der Waals surface area contributed by atoms with Crippen LogP contribution >= 0.6 is 0 Å². The minimum Gasteiger partial charge on any atom is -0.508 e. The van der Waals surface area contributed by atoms with Gasteiger partial charge in [-0.25, -0.2) is 4.79 Å². The first-order valence-electron chi connectivity index (χ1n) is 10.6. The molecule has 0 fully saturated rings. The third-order valence-corrected chi connectivity index (χ3v) is 4.82. The molecule has 0 aliphatic heterocycles. The molecule has 0 bridgehead atoms. The topological polar surface area (TPSA) is 271 Å². The summed E-state index contributed by atoms with van der Waals surface area (Å²) in [4.78, 5) is 71.6. The summed E-state index contributed by atoms with van der Waals surface area (Å²) in [6.07, 6.45) is -3.26. The number of hydrogen-bond acceptors (Lipinski definition) is 9. The Morgan fingerprint density at radius 3 is 1.83 bits per heavy atom. The third-order valence-electron chi connectivity index (χ3n) is 4.82. The van der Waals surface area contributed by atoms with E-state index in [0.717, 1.165) is 6.92 Å². The molecule has 15 heteroatoms. The summed E-state index contributed by atoms with van der Waals surface area (Å²) in [6.45, 7) is 1.08. The van der Waals surface area contributed by atoms with Gasteiger partial charge in [0.15, 0.2) is 6.04 Å². The van der Waals surface area contributed by atoms with Crippen LogP contribution in [0.15, 0.2) is 24.3 Å². The van der Waals surface area contributed by atoms with Gasteiger partial charge >= 0.3 is 11.9 Å². The molecule has 36 heavy (non-hydrogen) atoms. The van der Waals surface area contributed by atoms with Crippen LogP contribution in [-0.2, 0) is 35.2 Å². The SMILES string of the molecule is CC(O)C(NC(=O)C(CC(N)=O)NC(=O)C(CC(=O)O)NC(=O)C(N)Cc1ccc(O)cc1)C(=O)O. The van der Waals surface area contributed by atoms with Gasteiger partial charge in [-0.2, -0.15) is 0 Å². The molecular formula is C21H29N5O10. The van der Waals surface area contributed by atoms with Crippen molar-refractivity contribution in [1.29, 1.82) is 0 Å². The van der Waals surface area contributed by atoms with Crippen molar-refractivity contribution in [3.63, 3.8) is 0 Å². The van der Waals surface area contributed by atoms with Crippen molar-refractivity contribution in [2.24, 2.45) is 11.5 Å². The van der Waals surface area contributed by atoms with E-state index in [0.29, 0.717) is 5.56 Å². The molecule has 11 N–H and O–H groups in total. The van der Waals surface area contributed by atoms with Crippen molar-refractivity contribution in [1.82, 2.24) is 16.0 Å². The van der Waals surface area contributed by atoms with Crippen LogP contribution in [0.1, 0.15) is 25.3 Å². The lowest BCUT2D eigenvalue weighted by molar-refractivity contribution is -0.145. The molecular weight excluding hydrogens is 482 g/mol. The van der Waals surface area contributed by atoms with Crippen molar-refractivity contribution >= 4 is 35.6 Å². The van der Waals surface area contributed by atoms with E-state index in [1.807, 2.05) is 5.32 Å². The second kappa shape index (κ2) is 13.6. The van der Waals surface area contributed by atoms with E-state index in [1.165, 1.54) is 24.3 Å². The number of aliphatic carboxylic acids is 2. The summed E-state index contributed by atoms with van der Waals surface area (Å²) >= 11 is 0. The van der Waals surface area contributed by atoms with Crippen molar-refractivity contribution in [3.05, 3.63) is 29.8 Å². The van der Waals surface area contributed by atoms with E-state index < -0.39 is 78.7 Å². The normalized spacial score (nSPS) is 14.9. The zero-order chi connectivity index (χ0) is 27.6. The number of phenols is 1. The molecule has 1 rings (SSSR count). The number of amides is 4. The Kier molecular flexibility index (Phi) is 11.3. The van der Waals surface area contributed by atoms with E-state index >= 15 is 0 Å². The van der Waals surface area contributed by atoms with E-state index in [4.69, 9.17) is 21.7 Å². The zero-order valence-electron chi connectivity index (χ0n) is 19.2. The molecule has 0 aromatic heterocycles. The fourth-order valence-electron chi connectivity index (χ4n) is 2.97. The second-order valence-corrected chi connectivity index (χ2v) is 7.93. The number of aromatic hydroxyl groups is 1. The lowest BCUT2D eigenvalue weighted by Gasteiger charge is -2.24. The molecule has 0 radical (unpaired) electrons. The molecule has 0 aliphatic carbocycles. The quantitative estimate of drug-likeness (QED) is 0.118. The maximum absolute atomic E-state index is 12.7. The Labute approximate surface area is 204 Å². The summed E-state index contributed by atoms with van der Waals surface area (Å²) in [5.74, 6) is -7.44. The molecule has 0 heterocycles. The number of phenolic OH excluding ortho intramolecular Hbond substituents is 1. The van der Waals surface area contributed by atoms with Crippen LogP contribution in [0.2, 0.25) is 0 Å². The highest BCUT2D eigenvalue weighted by atomic mass is 16.4. The number of hydrogen-bond donors (Lipinski definition) is 9. The molecule has 0 saturated heterocycles. The summed E-state index contributed by atoms with van der Waals surface area (Å²) in [5, 5.41) is 43.3. The molecule has 0 saturated carbocycles. The predicted octanol–water partition coefficient (Wildman–Crippen LogP) is -3.47. The van der Waals surface area contributed by atoms with E-state index in [-0.39, 0.29) is 12.2 Å². The highest BCUT2D eigenvalue weighted by Gasteiger charge is 2.33. The van der Waals surface area contributed by atoms with Crippen LogP contribution in [0.4, 0.5) is 0 Å². The number of benzene rings is 1. The molecule has 15 nitrogen and oxygen atoms in total. The smallest absolute Gasteiger partial charge is 0.328 e. The molecule has 4 amide bonds. The molecule has 0 aliphatic rings. The first-order valence-corrected chi connectivity index (χ1v) is 10.6. The maximum Gasteiger partial charge on any atom is 0.328 e. The largest absolute Gasteiger partial charge is 0.508 e. The standard InChI is InChI=1S/C21H29N5O10/c1-9(27)17(21(35)36)26-20(34)13(7-15(23)29)25-19(33)14(8-16(30)31)24-18(32)12(22)6-10-2-4-11(28)5-3-10/h2-5,9,12-14,17,27-28H,6-8,22H2,1H3,(H2,23,29)(H,24,32)(H,25,33)(H,26,34)(H,30,31)(H,35,36). The summed E-state index contributed by atoms with van der Waals surface area (Å²) in [7, 11) is 0. The lowest BCUT2D eigenvalue weighted by atomic mass is 10.0. The Balaban J connectivity index is 2.99. The highest BCUT2D eigenvalue weighted by molar-refractivity contribution is 5.97. The van der Waals surface area contributed by atoms with Gasteiger partial charge in [-0.3, -0.25) is 24.0 Å². The van der Waals surface area contributed by atoms with Gasteiger partial charge in [0, 0.05) is 0 Å². The van der Waals surface area contributed by atoms with Crippen molar-refractivity contribution < 1.29 is 49.2 Å². The van der Waals surface area contributed by atoms with Crippen LogP contribution in [0.3, 0.4) is 0 Å². The first-order chi connectivity index (χ1) is 16.7. The summed E-state index contributed by atoms with van der Waals surface area (Å²) in [5.41, 5.74) is 11.5. The molecule has 5 atom stereocenters. The minimum atomic E-state index is -1.78. The Bertz CT molecular complexity index is 982. The Morgan fingerprint density at radius 2 is 1.36 bits per heavy atom. The van der Waals surface area contributed by atoms with Crippen LogP contribution in [0, 0.1) is 0 Å². The number of carbonyl (C=O) groups is 6. The third kappa shape index (κ3) is 9.94. The first kappa shape index (κ1) is 29.8. The minimum absolute atomic E-state index is 0.00682. The second-order valence-electron chi connectivity index (χ2n) is 7.93. The van der Waals surface area contributed by atoms with Crippen molar-refractivity contribution in [2.45, 2.75) is 56.5 Å². The van der Waals surface area contributed by atoms with Gasteiger partial charge in [0.25, 0.3) is 0 Å². The van der Waals surface area contributed by atoms with Gasteiger partial charge in [0.1, 0.15) is 17.8 Å². The fraction of sp³-hybridized carbons (Fsp3) is 0.429. The number of carboxylic acid groups (broad SMARTS) is 2. The molecule has 1 aromatic rings. The number of primary amides is 1. The number of aliphatic hydroxyl groups is 1. The van der Waals surface area contributed by atoms with E-state index in [9.17, 15) is 39.0 Å². The summed E-state index contributed by atoms with van der Waals surface area (Å²) in [6, 6.07) is -0.703. The number of rotatable bonds is 14. The Hall–Kier alpha value is -4.24. The zero-order valence-corrected chi connectivity index (χ0v) is 19.2. The van der Waals surface area contributed by atoms with Crippen LogP contribution in [-0.4, -0.2) is 86.3 Å². The van der Waals surface area contributed by atoms with E-state index in [2.05, 4.69) is 10.6 Å². The van der Waals surface area contributed by atoms with Crippen LogP contribution < -0.4 is 27.4 Å². The highest BCUT2D eigenvalue weighted by Crippen LogP contribution is 2.11. The van der Waals surface area contributed by atoms with Crippen molar-refractivity contribution in [2.75, 3.05) is 0 Å². The number of carbonyl (C=O) groups excluding carboxylic acids is 4. The number of nitrogens with two attached hydrogens (primary N) is 2. The lowest BCUT2D eigenvalue weighted by Crippen LogP contribution is -2.59. The van der Waals surface area contributed by atoms with Gasteiger partial charge in [-0.05, 0) is 31.0 Å². The van der Waals surface area contributed by atoms with Crippen LogP contribution in [0.5, 0.6) is 5.75 Å². The van der Waals surface area contributed by atoms with Gasteiger partial charge in [-0.15, -0.1) is 0 Å². The van der Waals surface area contributed by atoms with Gasteiger partial charge < -0.3 is 47.8 Å². The van der Waals surface area contributed by atoms with Crippen LogP contribution in [0.25, 0.3) is 0 Å².